The van der Waals surface area contributed by atoms with Gasteiger partial charge in [0.25, 0.3) is 0 Å². The Bertz CT molecular complexity index is 539. The van der Waals surface area contributed by atoms with Crippen LogP contribution in [-0.4, -0.2) is 19.9 Å². The number of aliphatic hydroxyl groups is 1. The summed E-state index contributed by atoms with van der Waals surface area (Å²) in [5.74, 6) is 0. The molecule has 0 aliphatic rings. The zero-order valence-electron chi connectivity index (χ0n) is 10.5. The maximum atomic E-state index is 10.3. The highest BCUT2D eigenvalue weighted by Gasteiger charge is 2.15. The molecule has 0 fully saturated rings. The van der Waals surface area contributed by atoms with Crippen LogP contribution in [0.25, 0.3) is 0 Å². The third kappa shape index (κ3) is 2.97. The minimum Gasteiger partial charge on any atom is -0.386 e. The van der Waals surface area contributed by atoms with E-state index in [1.165, 1.54) is 0 Å². The Morgan fingerprint density at radius 3 is 2.83 bits per heavy atom. The van der Waals surface area contributed by atoms with Crippen molar-refractivity contribution < 1.29 is 5.11 Å². The molecule has 0 bridgehead atoms. The van der Waals surface area contributed by atoms with Crippen LogP contribution < -0.4 is 0 Å². The van der Waals surface area contributed by atoms with Crippen LogP contribution >= 0.6 is 15.9 Å². The summed E-state index contributed by atoms with van der Waals surface area (Å²) in [5, 5.41) is 14.6. The Morgan fingerprint density at radius 1 is 1.39 bits per heavy atom. The number of hydrogen-bond donors (Lipinski definition) is 1. The molecule has 0 saturated heterocycles. The molecule has 0 aromatic carbocycles. The summed E-state index contributed by atoms with van der Waals surface area (Å²) < 4.78 is 2.76. The number of rotatable bonds is 4. The zero-order valence-corrected chi connectivity index (χ0v) is 12.1. The van der Waals surface area contributed by atoms with Crippen LogP contribution in [0.3, 0.4) is 0 Å². The fourth-order valence-electron chi connectivity index (χ4n) is 1.98. The minimum atomic E-state index is -0.553. The Morgan fingerprint density at radius 2 is 2.17 bits per heavy atom. The third-order valence-corrected chi connectivity index (χ3v) is 3.20. The fraction of sp³-hybridized carbons (Fsp3) is 0.385. The predicted octanol–water partition coefficient (Wildman–Crippen LogP) is 2.65. The highest BCUT2D eigenvalue weighted by molar-refractivity contribution is 9.10. The van der Waals surface area contributed by atoms with E-state index in [1.54, 1.807) is 12.4 Å². The summed E-state index contributed by atoms with van der Waals surface area (Å²) >= 11 is 3.38. The number of halogens is 1. The highest BCUT2D eigenvalue weighted by atomic mass is 79.9. The van der Waals surface area contributed by atoms with E-state index < -0.39 is 6.10 Å². The van der Waals surface area contributed by atoms with Crippen molar-refractivity contribution in [2.45, 2.75) is 32.9 Å². The summed E-state index contributed by atoms with van der Waals surface area (Å²) in [7, 11) is 0. The van der Waals surface area contributed by atoms with Gasteiger partial charge in [-0.05, 0) is 47.5 Å². The third-order valence-electron chi connectivity index (χ3n) is 2.76. The first-order chi connectivity index (χ1) is 8.60. The molecule has 2 heterocycles. The van der Waals surface area contributed by atoms with Crippen LogP contribution in [-0.2, 0) is 13.0 Å². The summed E-state index contributed by atoms with van der Waals surface area (Å²) in [6.07, 6.45) is 3.49. The zero-order chi connectivity index (χ0) is 13.1. The number of pyridine rings is 1. The van der Waals surface area contributed by atoms with Crippen LogP contribution in [0.1, 0.15) is 30.0 Å². The van der Waals surface area contributed by atoms with E-state index >= 15 is 0 Å². The molecule has 2 aromatic rings. The van der Waals surface area contributed by atoms with Gasteiger partial charge in [0.05, 0.1) is 17.5 Å². The molecule has 2 rings (SSSR count). The first-order valence-electron chi connectivity index (χ1n) is 5.92. The summed E-state index contributed by atoms with van der Waals surface area (Å²) in [4.78, 5) is 4.10. The lowest BCUT2D eigenvalue weighted by molar-refractivity contribution is 0.167. The second-order valence-corrected chi connectivity index (χ2v) is 5.17. The maximum absolute atomic E-state index is 10.3. The van der Waals surface area contributed by atoms with Gasteiger partial charge >= 0.3 is 0 Å². The second kappa shape index (κ2) is 5.63. The maximum Gasteiger partial charge on any atom is 0.0997 e. The van der Waals surface area contributed by atoms with E-state index in [-0.39, 0.29) is 0 Å². The molecule has 0 aliphatic heterocycles. The molecule has 18 heavy (non-hydrogen) atoms. The number of aliphatic hydroxyl groups excluding tert-OH is 1. The number of nitrogens with zero attached hydrogens (tertiary/aromatic N) is 3. The number of hydrogen-bond acceptors (Lipinski definition) is 3. The van der Waals surface area contributed by atoms with E-state index in [0.717, 1.165) is 28.0 Å². The van der Waals surface area contributed by atoms with Gasteiger partial charge in [-0.25, -0.2) is 0 Å². The largest absolute Gasteiger partial charge is 0.386 e. The van der Waals surface area contributed by atoms with Crippen LogP contribution in [0, 0.1) is 6.92 Å². The second-order valence-electron chi connectivity index (χ2n) is 4.26. The Balaban J connectivity index is 2.18. The van der Waals surface area contributed by atoms with Crippen molar-refractivity contribution in [3.63, 3.8) is 0 Å². The van der Waals surface area contributed by atoms with Gasteiger partial charge in [0.2, 0.25) is 0 Å². The number of aryl methyl sites for hydroxylation is 2. The van der Waals surface area contributed by atoms with Crippen molar-refractivity contribution in [1.29, 1.82) is 0 Å². The molecule has 0 amide bonds. The molecular formula is C13H16BrN3O. The van der Waals surface area contributed by atoms with Crippen LogP contribution in [0.5, 0.6) is 0 Å². The Hall–Kier alpha value is -1.20. The normalized spacial score (nSPS) is 12.7. The van der Waals surface area contributed by atoms with Crippen molar-refractivity contribution in [2.75, 3.05) is 0 Å². The van der Waals surface area contributed by atoms with Crippen LogP contribution in [0.15, 0.2) is 29.0 Å². The van der Waals surface area contributed by atoms with E-state index in [1.807, 2.05) is 30.7 Å². The van der Waals surface area contributed by atoms with Gasteiger partial charge in [-0.3, -0.25) is 9.67 Å². The van der Waals surface area contributed by atoms with Gasteiger partial charge in [0, 0.05) is 29.8 Å². The fourth-order valence-corrected chi connectivity index (χ4v) is 2.39. The van der Waals surface area contributed by atoms with E-state index in [4.69, 9.17) is 0 Å². The molecule has 4 nitrogen and oxygen atoms in total. The van der Waals surface area contributed by atoms with Crippen molar-refractivity contribution in [2.24, 2.45) is 0 Å². The molecule has 2 aromatic heterocycles. The quantitative estimate of drug-likeness (QED) is 0.944. The monoisotopic (exact) mass is 309 g/mol. The highest BCUT2D eigenvalue weighted by Crippen LogP contribution is 2.20. The van der Waals surface area contributed by atoms with Gasteiger partial charge in [-0.15, -0.1) is 0 Å². The molecule has 1 N–H and O–H groups in total. The Labute approximate surface area is 115 Å². The lowest BCUT2D eigenvalue weighted by Crippen LogP contribution is -2.10. The van der Waals surface area contributed by atoms with E-state index in [2.05, 4.69) is 26.0 Å². The molecule has 1 atom stereocenters. The molecule has 0 spiro atoms. The molecule has 0 saturated carbocycles. The standard InChI is InChI=1S/C13H16BrN3O/c1-3-17-12(4-9(2)16-17)13(18)6-10-5-11(14)8-15-7-10/h4-5,7-8,13,18H,3,6H2,1-2H3. The molecular weight excluding hydrogens is 294 g/mol. The smallest absolute Gasteiger partial charge is 0.0997 e. The topological polar surface area (TPSA) is 50.9 Å². The van der Waals surface area contributed by atoms with Gasteiger partial charge in [0.1, 0.15) is 0 Å². The number of aromatic nitrogens is 3. The summed E-state index contributed by atoms with van der Waals surface area (Å²) in [6, 6.07) is 3.90. The van der Waals surface area contributed by atoms with Gasteiger partial charge in [-0.2, -0.15) is 5.10 Å². The van der Waals surface area contributed by atoms with Gasteiger partial charge in [0.15, 0.2) is 0 Å². The summed E-state index contributed by atoms with van der Waals surface area (Å²) in [5.41, 5.74) is 2.78. The Kier molecular flexibility index (Phi) is 4.14. The summed E-state index contributed by atoms with van der Waals surface area (Å²) in [6.45, 7) is 4.71. The van der Waals surface area contributed by atoms with Crippen LogP contribution in [0.4, 0.5) is 0 Å². The molecule has 0 aliphatic carbocycles. The van der Waals surface area contributed by atoms with Crippen molar-refractivity contribution in [3.8, 4) is 0 Å². The van der Waals surface area contributed by atoms with Crippen LogP contribution in [0.2, 0.25) is 0 Å². The van der Waals surface area contributed by atoms with Crippen molar-refractivity contribution in [1.82, 2.24) is 14.8 Å². The first-order valence-corrected chi connectivity index (χ1v) is 6.71. The molecule has 1 unspecified atom stereocenters. The van der Waals surface area contributed by atoms with E-state index in [0.29, 0.717) is 6.42 Å². The lowest BCUT2D eigenvalue weighted by Gasteiger charge is -2.12. The molecule has 0 radical (unpaired) electrons. The van der Waals surface area contributed by atoms with Gasteiger partial charge < -0.3 is 5.11 Å². The minimum absolute atomic E-state index is 0.539. The average Bonchev–Trinajstić information content (AvgIpc) is 2.70. The lowest BCUT2D eigenvalue weighted by atomic mass is 10.1. The van der Waals surface area contributed by atoms with Crippen molar-refractivity contribution >= 4 is 15.9 Å². The molecule has 5 heteroatoms. The average molecular weight is 310 g/mol. The molecule has 96 valence electrons. The first kappa shape index (κ1) is 13.2. The van der Waals surface area contributed by atoms with E-state index in [9.17, 15) is 5.11 Å². The van der Waals surface area contributed by atoms with Gasteiger partial charge in [-0.1, -0.05) is 0 Å². The predicted molar refractivity (Wildman–Crippen MR) is 73.2 cm³/mol. The van der Waals surface area contributed by atoms with Crippen molar-refractivity contribution in [3.05, 3.63) is 46.0 Å². The SMILES string of the molecule is CCn1nc(C)cc1C(O)Cc1cncc(Br)c1.